The number of rotatable bonds is 5. The highest BCUT2D eigenvalue weighted by Crippen LogP contribution is 2.22. The Bertz CT molecular complexity index is 1060. The van der Waals surface area contributed by atoms with Gasteiger partial charge in [-0.15, -0.1) is 0 Å². The summed E-state index contributed by atoms with van der Waals surface area (Å²) in [5.74, 6) is 0.0946. The van der Waals surface area contributed by atoms with E-state index in [0.29, 0.717) is 22.5 Å². The highest BCUT2D eigenvalue weighted by molar-refractivity contribution is 7.92. The molecule has 0 unspecified atom stereocenters. The molecule has 25 heavy (non-hydrogen) atoms. The van der Waals surface area contributed by atoms with Crippen molar-refractivity contribution in [2.24, 2.45) is 7.05 Å². The van der Waals surface area contributed by atoms with Crippen molar-refractivity contribution in [2.45, 2.75) is 24.8 Å². The summed E-state index contributed by atoms with van der Waals surface area (Å²) >= 11 is 0. The van der Waals surface area contributed by atoms with Gasteiger partial charge in [0.05, 0.1) is 22.2 Å². The summed E-state index contributed by atoms with van der Waals surface area (Å²) in [6.07, 6.45) is 0.00726. The summed E-state index contributed by atoms with van der Waals surface area (Å²) < 4.78 is 39.4. The number of hydrogen-bond acceptors (Lipinski definition) is 5. The van der Waals surface area contributed by atoms with E-state index in [-0.39, 0.29) is 11.0 Å². The molecular weight excluding hydrogens is 344 g/mol. The van der Waals surface area contributed by atoms with Gasteiger partial charge in [-0.05, 0) is 50.2 Å². The second-order valence-electron chi connectivity index (χ2n) is 5.85. The number of anilines is 1. The first-order valence-electron chi connectivity index (χ1n) is 7.65. The Hall–Kier alpha value is -2.74. The van der Waals surface area contributed by atoms with Crippen LogP contribution in [-0.2, 0) is 17.1 Å². The van der Waals surface area contributed by atoms with E-state index >= 15 is 0 Å². The van der Waals surface area contributed by atoms with E-state index in [1.807, 2.05) is 13.8 Å². The van der Waals surface area contributed by atoms with Crippen molar-refractivity contribution < 1.29 is 17.6 Å². The number of nitrogens with one attached hydrogen (secondary N) is 1. The minimum absolute atomic E-state index is 0.00726. The zero-order valence-electron chi connectivity index (χ0n) is 14.0. The second kappa shape index (κ2) is 6.29. The molecule has 8 heteroatoms. The third-order valence-corrected chi connectivity index (χ3v) is 4.95. The maximum absolute atomic E-state index is 12.5. The van der Waals surface area contributed by atoms with Crippen LogP contribution >= 0.6 is 0 Å². The van der Waals surface area contributed by atoms with Gasteiger partial charge in [-0.1, -0.05) is 0 Å². The molecule has 0 spiro atoms. The highest BCUT2D eigenvalue weighted by Gasteiger charge is 2.16. The van der Waals surface area contributed by atoms with Gasteiger partial charge in [-0.3, -0.25) is 9.29 Å². The summed E-state index contributed by atoms with van der Waals surface area (Å²) in [6, 6.07) is 10.8. The van der Waals surface area contributed by atoms with Crippen molar-refractivity contribution in [2.75, 3.05) is 4.72 Å². The number of hydrogen-bond donors (Lipinski definition) is 1. The van der Waals surface area contributed by atoms with E-state index in [9.17, 15) is 13.2 Å². The summed E-state index contributed by atoms with van der Waals surface area (Å²) in [5.41, 5.74) is 1.21. The molecule has 3 aromatic rings. The number of sulfonamides is 1. The third-order valence-electron chi connectivity index (χ3n) is 3.55. The Morgan fingerprint density at radius 2 is 1.80 bits per heavy atom. The lowest BCUT2D eigenvalue weighted by Crippen LogP contribution is -2.13. The van der Waals surface area contributed by atoms with Crippen molar-refractivity contribution in [1.82, 2.24) is 4.57 Å². The van der Waals surface area contributed by atoms with Crippen LogP contribution < -0.4 is 15.2 Å². The minimum Gasteiger partial charge on any atom is -0.491 e. The maximum Gasteiger partial charge on any atom is 0.419 e. The zero-order valence-corrected chi connectivity index (χ0v) is 14.8. The Kier molecular flexibility index (Phi) is 4.30. The predicted molar refractivity (Wildman–Crippen MR) is 94.5 cm³/mol. The Morgan fingerprint density at radius 3 is 2.44 bits per heavy atom. The van der Waals surface area contributed by atoms with Crippen LogP contribution in [0.1, 0.15) is 13.8 Å². The first-order valence-corrected chi connectivity index (χ1v) is 9.14. The van der Waals surface area contributed by atoms with Gasteiger partial charge >= 0.3 is 5.76 Å². The van der Waals surface area contributed by atoms with Crippen molar-refractivity contribution >= 4 is 26.8 Å². The van der Waals surface area contributed by atoms with E-state index in [4.69, 9.17) is 9.15 Å². The van der Waals surface area contributed by atoms with Gasteiger partial charge in [0.15, 0.2) is 5.58 Å². The summed E-state index contributed by atoms with van der Waals surface area (Å²) in [4.78, 5) is 11.6. The number of aromatic nitrogens is 1. The molecule has 1 heterocycles. The predicted octanol–water partition coefficient (Wildman–Crippen LogP) is 2.72. The minimum atomic E-state index is -3.76. The van der Waals surface area contributed by atoms with Gasteiger partial charge in [0.25, 0.3) is 10.0 Å². The van der Waals surface area contributed by atoms with Crippen LogP contribution in [0.5, 0.6) is 5.75 Å². The molecule has 0 saturated heterocycles. The zero-order chi connectivity index (χ0) is 18.2. The molecule has 0 aliphatic carbocycles. The lowest BCUT2D eigenvalue weighted by atomic mass is 10.3. The maximum atomic E-state index is 12.5. The molecule has 0 fully saturated rings. The van der Waals surface area contributed by atoms with E-state index < -0.39 is 15.8 Å². The average molecular weight is 362 g/mol. The summed E-state index contributed by atoms with van der Waals surface area (Å²) in [6.45, 7) is 3.79. The molecule has 3 rings (SSSR count). The monoisotopic (exact) mass is 362 g/mol. The third kappa shape index (κ3) is 3.53. The smallest absolute Gasteiger partial charge is 0.419 e. The van der Waals surface area contributed by atoms with Crippen LogP contribution in [0.2, 0.25) is 0 Å². The van der Waals surface area contributed by atoms with Crippen molar-refractivity contribution in [3.63, 3.8) is 0 Å². The Labute approximate surface area is 144 Å². The molecule has 0 aliphatic rings. The molecule has 0 radical (unpaired) electrons. The van der Waals surface area contributed by atoms with E-state index in [2.05, 4.69) is 4.72 Å². The van der Waals surface area contributed by atoms with Crippen molar-refractivity contribution in [3.05, 3.63) is 53.0 Å². The van der Waals surface area contributed by atoms with Crippen LogP contribution in [0.4, 0.5) is 5.69 Å². The van der Waals surface area contributed by atoms with Crippen molar-refractivity contribution in [3.8, 4) is 5.75 Å². The normalized spacial score (nSPS) is 11.8. The van der Waals surface area contributed by atoms with E-state index in [0.717, 1.165) is 0 Å². The fourth-order valence-electron chi connectivity index (χ4n) is 2.38. The van der Waals surface area contributed by atoms with Crippen LogP contribution in [0.25, 0.3) is 11.1 Å². The molecule has 2 aromatic carbocycles. The molecule has 1 aromatic heterocycles. The van der Waals surface area contributed by atoms with Crippen LogP contribution in [0, 0.1) is 0 Å². The fourth-order valence-corrected chi connectivity index (χ4v) is 3.43. The molecule has 7 nitrogen and oxygen atoms in total. The van der Waals surface area contributed by atoms with Crippen LogP contribution in [-0.4, -0.2) is 19.1 Å². The Morgan fingerprint density at radius 1 is 1.12 bits per heavy atom. The van der Waals surface area contributed by atoms with E-state index in [1.54, 1.807) is 31.3 Å². The molecule has 1 N–H and O–H groups in total. The number of nitrogens with zero attached hydrogens (tertiary/aromatic N) is 1. The Balaban J connectivity index is 1.87. The largest absolute Gasteiger partial charge is 0.491 e. The average Bonchev–Trinajstić information content (AvgIpc) is 2.81. The van der Waals surface area contributed by atoms with Gasteiger partial charge < -0.3 is 9.15 Å². The number of aryl methyl sites for hydroxylation is 1. The van der Waals surface area contributed by atoms with Crippen LogP contribution in [0.3, 0.4) is 0 Å². The number of oxazole rings is 1. The molecule has 0 saturated carbocycles. The van der Waals surface area contributed by atoms with Crippen molar-refractivity contribution in [1.29, 1.82) is 0 Å². The molecule has 132 valence electrons. The molecule has 0 bridgehead atoms. The number of fused-ring (bicyclic) bond motifs is 1. The van der Waals surface area contributed by atoms with Gasteiger partial charge in [0.2, 0.25) is 0 Å². The first-order chi connectivity index (χ1) is 11.8. The fraction of sp³-hybridized carbons (Fsp3) is 0.235. The lowest BCUT2D eigenvalue weighted by molar-refractivity contribution is 0.242. The molecule has 0 atom stereocenters. The van der Waals surface area contributed by atoms with E-state index in [1.165, 1.54) is 22.8 Å². The highest BCUT2D eigenvalue weighted by atomic mass is 32.2. The summed E-state index contributed by atoms with van der Waals surface area (Å²) in [5, 5.41) is 0. The number of ether oxygens (including phenoxy) is 1. The first kappa shape index (κ1) is 17.1. The van der Waals surface area contributed by atoms with Crippen LogP contribution in [0.15, 0.2) is 56.6 Å². The topological polar surface area (TPSA) is 90.5 Å². The molecule has 0 aliphatic heterocycles. The number of benzene rings is 2. The van der Waals surface area contributed by atoms with Gasteiger partial charge in [0, 0.05) is 13.1 Å². The SMILES string of the molecule is CC(C)Oc1ccc(S(=O)(=O)Nc2ccc3c(c2)oc(=O)n3C)cc1. The van der Waals surface area contributed by atoms with Gasteiger partial charge in [-0.25, -0.2) is 13.2 Å². The standard InChI is InChI=1S/C17H18N2O5S/c1-11(2)23-13-5-7-14(8-6-13)25(21,22)18-12-4-9-15-16(10-12)24-17(20)19(15)3/h4-11,18H,1-3H3. The van der Waals surface area contributed by atoms with Gasteiger partial charge in [0.1, 0.15) is 5.75 Å². The quantitative estimate of drug-likeness (QED) is 0.754. The summed E-state index contributed by atoms with van der Waals surface area (Å²) in [7, 11) is -2.18. The molecule has 0 amide bonds. The lowest BCUT2D eigenvalue weighted by Gasteiger charge is -2.11. The van der Waals surface area contributed by atoms with Gasteiger partial charge in [-0.2, -0.15) is 0 Å². The molecular formula is C17H18N2O5S. The second-order valence-corrected chi connectivity index (χ2v) is 7.54.